The number of amides is 3. The summed E-state index contributed by atoms with van der Waals surface area (Å²) in [6.45, 7) is 6.06. The minimum absolute atomic E-state index is 0.0715. The van der Waals surface area contributed by atoms with Crippen molar-refractivity contribution in [3.8, 4) is 0 Å². The number of aliphatic hydroxyl groups is 1. The minimum atomic E-state index is -1.15. The van der Waals surface area contributed by atoms with Crippen molar-refractivity contribution in [1.82, 2.24) is 16.0 Å². The van der Waals surface area contributed by atoms with E-state index in [0.29, 0.717) is 0 Å². The van der Waals surface area contributed by atoms with Gasteiger partial charge in [0.05, 0.1) is 13.2 Å². The second-order valence-electron chi connectivity index (χ2n) is 6.83. The van der Waals surface area contributed by atoms with E-state index in [1.807, 2.05) is 13.8 Å². The van der Waals surface area contributed by atoms with Gasteiger partial charge >= 0.3 is 5.97 Å². The van der Waals surface area contributed by atoms with Gasteiger partial charge in [0.15, 0.2) is 0 Å². The molecule has 10 nitrogen and oxygen atoms in total. The number of carboxylic acids is 1. The third kappa shape index (κ3) is 8.77. The zero-order valence-corrected chi connectivity index (χ0v) is 15.6. The maximum Gasteiger partial charge on any atom is 0.326 e. The van der Waals surface area contributed by atoms with Gasteiger partial charge in [0.25, 0.3) is 0 Å². The van der Waals surface area contributed by atoms with Gasteiger partial charge in [0, 0.05) is 0 Å². The summed E-state index contributed by atoms with van der Waals surface area (Å²) < 4.78 is 0. The highest BCUT2D eigenvalue weighted by molar-refractivity contribution is 5.92. The van der Waals surface area contributed by atoms with E-state index in [2.05, 4.69) is 16.0 Å². The maximum atomic E-state index is 12.2. The summed E-state index contributed by atoms with van der Waals surface area (Å²) >= 11 is 0. The third-order valence-corrected chi connectivity index (χ3v) is 3.54. The summed E-state index contributed by atoms with van der Waals surface area (Å²) in [5.74, 6) is -3.31. The van der Waals surface area contributed by atoms with Crippen LogP contribution in [0.25, 0.3) is 0 Å². The van der Waals surface area contributed by atoms with Crippen LogP contribution in [0.2, 0.25) is 0 Å². The molecule has 26 heavy (non-hydrogen) atoms. The Bertz CT molecular complexity index is 509. The van der Waals surface area contributed by atoms with Gasteiger partial charge in [-0.05, 0) is 18.3 Å². The van der Waals surface area contributed by atoms with Crippen LogP contribution in [-0.4, -0.2) is 65.2 Å². The number of nitrogens with one attached hydrogen (secondary N) is 3. The molecule has 7 N–H and O–H groups in total. The fourth-order valence-electron chi connectivity index (χ4n) is 2.09. The summed E-state index contributed by atoms with van der Waals surface area (Å²) in [6, 6.07) is -3.14. The van der Waals surface area contributed by atoms with E-state index in [1.165, 1.54) is 0 Å². The molecule has 3 amide bonds. The molecule has 0 aromatic carbocycles. The number of carbonyl (C=O) groups excluding carboxylic acids is 3. The van der Waals surface area contributed by atoms with Gasteiger partial charge < -0.3 is 31.9 Å². The SMILES string of the molecule is CC(C)CC(NC(=O)CNC(=O)C(NC(=O)C(N)CO)C(C)C)C(=O)O. The van der Waals surface area contributed by atoms with E-state index in [4.69, 9.17) is 15.9 Å². The molecule has 3 atom stereocenters. The second-order valence-corrected chi connectivity index (χ2v) is 6.83. The Morgan fingerprint density at radius 1 is 1.00 bits per heavy atom. The molecule has 0 bridgehead atoms. The van der Waals surface area contributed by atoms with E-state index in [9.17, 15) is 19.2 Å². The largest absolute Gasteiger partial charge is 0.480 e. The Kier molecular flexibility index (Phi) is 10.5. The highest BCUT2D eigenvalue weighted by atomic mass is 16.4. The molecule has 0 aromatic heterocycles. The van der Waals surface area contributed by atoms with Crippen molar-refractivity contribution in [2.75, 3.05) is 13.2 Å². The fourth-order valence-corrected chi connectivity index (χ4v) is 2.09. The van der Waals surface area contributed by atoms with Gasteiger partial charge in [0.2, 0.25) is 17.7 Å². The molecule has 0 aliphatic rings. The molecule has 0 radical (unpaired) electrons. The van der Waals surface area contributed by atoms with Gasteiger partial charge in [-0.3, -0.25) is 14.4 Å². The molecule has 0 heterocycles. The molecule has 0 aliphatic carbocycles. The van der Waals surface area contributed by atoms with E-state index in [1.54, 1.807) is 13.8 Å². The molecular formula is C16H30N4O6. The van der Waals surface area contributed by atoms with Crippen molar-refractivity contribution in [2.24, 2.45) is 17.6 Å². The van der Waals surface area contributed by atoms with E-state index < -0.39 is 55.0 Å². The fraction of sp³-hybridized carbons (Fsp3) is 0.750. The molecular weight excluding hydrogens is 344 g/mol. The van der Waals surface area contributed by atoms with Crippen molar-refractivity contribution < 1.29 is 29.4 Å². The van der Waals surface area contributed by atoms with Gasteiger partial charge in [-0.2, -0.15) is 0 Å². The van der Waals surface area contributed by atoms with Crippen LogP contribution in [0, 0.1) is 11.8 Å². The summed E-state index contributed by atoms with van der Waals surface area (Å²) in [5, 5.41) is 25.1. The monoisotopic (exact) mass is 374 g/mol. The molecule has 3 unspecified atom stereocenters. The first-order valence-corrected chi connectivity index (χ1v) is 8.46. The van der Waals surface area contributed by atoms with Gasteiger partial charge in [-0.1, -0.05) is 27.7 Å². The van der Waals surface area contributed by atoms with E-state index in [0.717, 1.165) is 0 Å². The number of hydrogen-bond acceptors (Lipinski definition) is 6. The average molecular weight is 374 g/mol. The number of rotatable bonds is 11. The molecule has 0 saturated heterocycles. The Balaban J connectivity index is 4.68. The van der Waals surface area contributed by atoms with Crippen LogP contribution in [0.5, 0.6) is 0 Å². The number of carboxylic acid groups (broad SMARTS) is 1. The van der Waals surface area contributed by atoms with Crippen molar-refractivity contribution in [3.63, 3.8) is 0 Å². The first kappa shape index (κ1) is 23.8. The Morgan fingerprint density at radius 2 is 1.58 bits per heavy atom. The lowest BCUT2D eigenvalue weighted by molar-refractivity contribution is -0.142. The van der Waals surface area contributed by atoms with E-state index in [-0.39, 0.29) is 18.3 Å². The lowest BCUT2D eigenvalue weighted by atomic mass is 10.0. The lowest BCUT2D eigenvalue weighted by Gasteiger charge is -2.23. The van der Waals surface area contributed by atoms with Crippen molar-refractivity contribution >= 4 is 23.7 Å². The van der Waals surface area contributed by atoms with Crippen molar-refractivity contribution in [3.05, 3.63) is 0 Å². The van der Waals surface area contributed by atoms with Gasteiger partial charge in [-0.25, -0.2) is 4.79 Å². The van der Waals surface area contributed by atoms with Crippen LogP contribution >= 0.6 is 0 Å². The molecule has 0 aliphatic heterocycles. The van der Waals surface area contributed by atoms with Gasteiger partial charge in [-0.15, -0.1) is 0 Å². The van der Waals surface area contributed by atoms with Crippen molar-refractivity contribution in [1.29, 1.82) is 0 Å². The van der Waals surface area contributed by atoms with Crippen LogP contribution in [0.1, 0.15) is 34.1 Å². The lowest BCUT2D eigenvalue weighted by Crippen LogP contribution is -2.55. The second kappa shape index (κ2) is 11.4. The predicted octanol–water partition coefficient (Wildman–Crippen LogP) is -1.82. The summed E-state index contributed by atoms with van der Waals surface area (Å²) in [7, 11) is 0. The zero-order chi connectivity index (χ0) is 20.4. The first-order valence-electron chi connectivity index (χ1n) is 8.46. The Morgan fingerprint density at radius 3 is 2.00 bits per heavy atom. The number of carbonyl (C=O) groups is 4. The number of hydrogen-bond donors (Lipinski definition) is 6. The first-order chi connectivity index (χ1) is 12.0. The highest BCUT2D eigenvalue weighted by Crippen LogP contribution is 2.05. The third-order valence-electron chi connectivity index (χ3n) is 3.54. The summed E-state index contributed by atoms with van der Waals surface area (Å²) in [6.07, 6.45) is 0.263. The van der Waals surface area contributed by atoms with Crippen LogP contribution < -0.4 is 21.7 Å². The average Bonchev–Trinajstić information content (AvgIpc) is 2.54. The van der Waals surface area contributed by atoms with Crippen LogP contribution in [0.4, 0.5) is 0 Å². The highest BCUT2D eigenvalue weighted by Gasteiger charge is 2.27. The van der Waals surface area contributed by atoms with E-state index >= 15 is 0 Å². The molecule has 10 heteroatoms. The quantitative estimate of drug-likeness (QED) is 0.247. The smallest absolute Gasteiger partial charge is 0.326 e. The maximum absolute atomic E-state index is 12.2. The van der Waals surface area contributed by atoms with Gasteiger partial charge in [0.1, 0.15) is 18.1 Å². The molecule has 0 aromatic rings. The molecule has 0 saturated carbocycles. The molecule has 150 valence electrons. The number of aliphatic carboxylic acids is 1. The van der Waals surface area contributed by atoms with Crippen LogP contribution in [0.3, 0.4) is 0 Å². The summed E-state index contributed by atoms with van der Waals surface area (Å²) in [4.78, 5) is 47.0. The van der Waals surface area contributed by atoms with Crippen LogP contribution in [0.15, 0.2) is 0 Å². The molecule has 0 rings (SSSR count). The molecule has 0 spiro atoms. The predicted molar refractivity (Wildman–Crippen MR) is 93.9 cm³/mol. The van der Waals surface area contributed by atoms with Crippen LogP contribution in [-0.2, 0) is 19.2 Å². The zero-order valence-electron chi connectivity index (χ0n) is 15.6. The minimum Gasteiger partial charge on any atom is -0.480 e. The normalized spacial score (nSPS) is 14.5. The number of nitrogens with two attached hydrogens (primary N) is 1. The topological polar surface area (TPSA) is 171 Å². The Labute approximate surface area is 152 Å². The summed E-state index contributed by atoms with van der Waals surface area (Å²) in [5.41, 5.74) is 5.40. The standard InChI is InChI=1S/C16H30N4O6/c1-8(2)5-11(16(25)26)19-12(22)6-18-15(24)13(9(3)4)20-14(23)10(17)7-21/h8-11,13,21H,5-7,17H2,1-4H3,(H,18,24)(H,19,22)(H,20,23)(H,25,26). The molecule has 0 fully saturated rings. The Hall–Kier alpha value is -2.20. The number of aliphatic hydroxyl groups excluding tert-OH is 1. The van der Waals surface area contributed by atoms with Crippen molar-refractivity contribution in [2.45, 2.75) is 52.2 Å².